The van der Waals surface area contributed by atoms with Crippen LogP contribution < -0.4 is 10.6 Å². The molecule has 3 rings (SSSR count). The van der Waals surface area contributed by atoms with Crippen LogP contribution in [0, 0.1) is 5.92 Å². The molecule has 7 heteroatoms. The minimum atomic E-state index is -0.712. The summed E-state index contributed by atoms with van der Waals surface area (Å²) >= 11 is 0. The van der Waals surface area contributed by atoms with E-state index in [-0.39, 0.29) is 29.9 Å². The van der Waals surface area contributed by atoms with Crippen LogP contribution in [0.4, 0.5) is 0 Å². The summed E-state index contributed by atoms with van der Waals surface area (Å²) in [6.45, 7) is 7.74. The first-order valence-electron chi connectivity index (χ1n) is 12.2. The molecular weight excluding hydrogens is 418 g/mol. The van der Waals surface area contributed by atoms with Crippen LogP contribution in [-0.2, 0) is 9.59 Å². The van der Waals surface area contributed by atoms with Gasteiger partial charge in [-0.05, 0) is 50.3 Å². The highest BCUT2D eigenvalue weighted by Gasteiger charge is 2.35. The van der Waals surface area contributed by atoms with Crippen LogP contribution >= 0.6 is 0 Å². The second-order valence-electron chi connectivity index (χ2n) is 9.34. The number of ketones is 1. The molecule has 2 amide bonds. The highest BCUT2D eigenvalue weighted by Crippen LogP contribution is 2.21. The average Bonchev–Trinajstić information content (AvgIpc) is 3.12. The molecule has 2 N–H and O–H groups in total. The summed E-state index contributed by atoms with van der Waals surface area (Å²) in [6, 6.07) is 7.97. The highest BCUT2D eigenvalue weighted by molar-refractivity contribution is 5.99. The predicted octanol–water partition coefficient (Wildman–Crippen LogP) is 3.92. The third-order valence-electron chi connectivity index (χ3n) is 6.12. The summed E-state index contributed by atoms with van der Waals surface area (Å²) in [4.78, 5) is 41.4. The van der Waals surface area contributed by atoms with Gasteiger partial charge in [0.15, 0.2) is 11.5 Å². The molecule has 1 unspecified atom stereocenters. The summed E-state index contributed by atoms with van der Waals surface area (Å²) in [5.41, 5.74) is 0.632. The van der Waals surface area contributed by atoms with E-state index in [1.54, 1.807) is 11.0 Å². The zero-order valence-electron chi connectivity index (χ0n) is 20.1. The number of carbonyl (C=O) groups excluding carboxylic acids is 3. The molecule has 2 aromatic rings. The van der Waals surface area contributed by atoms with Gasteiger partial charge in [0.2, 0.25) is 5.91 Å². The van der Waals surface area contributed by atoms with Crippen molar-refractivity contribution < 1.29 is 18.8 Å². The maximum absolute atomic E-state index is 13.8. The minimum Gasteiger partial charge on any atom is -0.451 e. The van der Waals surface area contributed by atoms with Crippen molar-refractivity contribution in [1.29, 1.82) is 0 Å². The van der Waals surface area contributed by atoms with Gasteiger partial charge in [0.05, 0.1) is 12.6 Å². The van der Waals surface area contributed by atoms with E-state index >= 15 is 0 Å². The monoisotopic (exact) mass is 455 g/mol. The maximum Gasteiger partial charge on any atom is 0.287 e. The molecule has 2 atom stereocenters. The molecular formula is C26H37N3O4. The smallest absolute Gasteiger partial charge is 0.287 e. The van der Waals surface area contributed by atoms with Crippen LogP contribution in [0.1, 0.15) is 69.9 Å². The molecule has 0 radical (unpaired) electrons. The van der Waals surface area contributed by atoms with Gasteiger partial charge in [-0.15, -0.1) is 0 Å². The zero-order chi connectivity index (χ0) is 23.8. The number of furan rings is 1. The van der Waals surface area contributed by atoms with Gasteiger partial charge in [-0.3, -0.25) is 14.4 Å². The standard InChI is InChI=1S/C26H37N3O4/c1-4-5-8-14-29(21-11-9-13-27-17-22(21)30)26(32)20(15-18(2)3)28-25(31)24-16-19-10-6-7-12-23(19)33-24/h6-7,10,12,16,18,20-21,27H,4-5,8-9,11,13-15,17H2,1-3H3,(H,28,31)/t20?,21-/m0/s1. The van der Waals surface area contributed by atoms with E-state index in [4.69, 9.17) is 4.42 Å². The van der Waals surface area contributed by atoms with Crippen molar-refractivity contribution in [2.24, 2.45) is 5.92 Å². The van der Waals surface area contributed by atoms with Crippen LogP contribution in [0.2, 0.25) is 0 Å². The van der Waals surface area contributed by atoms with Crippen LogP contribution in [0.5, 0.6) is 0 Å². The van der Waals surface area contributed by atoms with Crippen LogP contribution in [0.3, 0.4) is 0 Å². The average molecular weight is 456 g/mol. The fraction of sp³-hybridized carbons (Fsp3) is 0.577. The molecule has 7 nitrogen and oxygen atoms in total. The van der Waals surface area contributed by atoms with E-state index in [1.807, 2.05) is 38.1 Å². The maximum atomic E-state index is 13.8. The van der Waals surface area contributed by atoms with Crippen molar-refractivity contribution in [3.63, 3.8) is 0 Å². The number of carbonyl (C=O) groups is 3. The minimum absolute atomic E-state index is 0.0456. The van der Waals surface area contributed by atoms with E-state index in [1.165, 1.54) is 0 Å². The Kier molecular flexibility index (Phi) is 9.06. The van der Waals surface area contributed by atoms with E-state index in [0.29, 0.717) is 25.0 Å². The fourth-order valence-electron chi connectivity index (χ4n) is 4.41. The second kappa shape index (κ2) is 12.0. The first-order valence-corrected chi connectivity index (χ1v) is 12.2. The molecule has 1 aliphatic rings. The number of unbranched alkanes of at least 4 members (excludes halogenated alkanes) is 2. The molecule has 180 valence electrons. The fourth-order valence-corrected chi connectivity index (χ4v) is 4.41. The molecule has 2 heterocycles. The van der Waals surface area contributed by atoms with Gasteiger partial charge < -0.3 is 20.0 Å². The SMILES string of the molecule is CCCCCN(C(=O)C(CC(C)C)NC(=O)c1cc2ccccc2o1)[C@H]1CCCNCC1=O. The first kappa shape index (κ1) is 25.0. The van der Waals surface area contributed by atoms with E-state index in [9.17, 15) is 14.4 Å². The Hall–Kier alpha value is -2.67. The van der Waals surface area contributed by atoms with Gasteiger partial charge >= 0.3 is 0 Å². The van der Waals surface area contributed by atoms with Crippen molar-refractivity contribution in [2.45, 2.75) is 71.4 Å². The topological polar surface area (TPSA) is 91.7 Å². The first-order chi connectivity index (χ1) is 15.9. The summed E-state index contributed by atoms with van der Waals surface area (Å²) in [5, 5.41) is 6.90. The molecule has 0 aliphatic carbocycles. The Morgan fingerprint density at radius 3 is 2.76 bits per heavy atom. The number of para-hydroxylation sites is 1. The van der Waals surface area contributed by atoms with Crippen LogP contribution in [-0.4, -0.2) is 54.2 Å². The lowest BCUT2D eigenvalue weighted by molar-refractivity contribution is -0.141. The molecule has 1 saturated heterocycles. The van der Waals surface area contributed by atoms with Gasteiger partial charge in [-0.25, -0.2) is 0 Å². The van der Waals surface area contributed by atoms with Crippen molar-refractivity contribution >= 4 is 28.6 Å². The third kappa shape index (κ3) is 6.67. The van der Waals surface area contributed by atoms with Crippen molar-refractivity contribution in [1.82, 2.24) is 15.5 Å². The number of hydrogen-bond acceptors (Lipinski definition) is 5. The number of fused-ring (bicyclic) bond motifs is 1. The largest absolute Gasteiger partial charge is 0.451 e. The molecule has 1 aromatic carbocycles. The number of hydrogen-bond donors (Lipinski definition) is 2. The Bertz CT molecular complexity index is 919. The number of benzene rings is 1. The summed E-state index contributed by atoms with van der Waals surface area (Å²) < 4.78 is 5.71. The van der Waals surface area contributed by atoms with Gasteiger partial charge in [0, 0.05) is 11.9 Å². The molecule has 0 saturated carbocycles. The lowest BCUT2D eigenvalue weighted by Gasteiger charge is -2.34. The van der Waals surface area contributed by atoms with E-state index in [0.717, 1.165) is 37.6 Å². The number of nitrogens with one attached hydrogen (secondary N) is 2. The van der Waals surface area contributed by atoms with Gasteiger partial charge in [-0.2, -0.15) is 0 Å². The molecule has 1 fully saturated rings. The zero-order valence-corrected chi connectivity index (χ0v) is 20.1. The quantitative estimate of drug-likeness (QED) is 0.530. The molecule has 1 aliphatic heterocycles. The number of Topliss-reactive ketones (excluding diaryl/α,β-unsaturated/α-hetero) is 1. The Morgan fingerprint density at radius 1 is 1.24 bits per heavy atom. The third-order valence-corrected chi connectivity index (χ3v) is 6.12. The van der Waals surface area contributed by atoms with Crippen molar-refractivity contribution in [3.8, 4) is 0 Å². The van der Waals surface area contributed by atoms with E-state index < -0.39 is 18.0 Å². The Morgan fingerprint density at radius 2 is 2.03 bits per heavy atom. The predicted molar refractivity (Wildman–Crippen MR) is 129 cm³/mol. The van der Waals surface area contributed by atoms with Crippen LogP contribution in [0.25, 0.3) is 11.0 Å². The summed E-state index contributed by atoms with van der Waals surface area (Å²) in [6.07, 6.45) is 4.84. The van der Waals surface area contributed by atoms with Crippen molar-refractivity contribution in [2.75, 3.05) is 19.6 Å². The van der Waals surface area contributed by atoms with Crippen molar-refractivity contribution in [3.05, 3.63) is 36.1 Å². The lowest BCUT2D eigenvalue weighted by atomic mass is 9.99. The number of rotatable bonds is 10. The molecule has 0 spiro atoms. The van der Waals surface area contributed by atoms with Gasteiger partial charge in [0.25, 0.3) is 5.91 Å². The number of amides is 2. The molecule has 33 heavy (non-hydrogen) atoms. The lowest BCUT2D eigenvalue weighted by Crippen LogP contribution is -2.55. The summed E-state index contributed by atoms with van der Waals surface area (Å²) in [7, 11) is 0. The molecule has 0 bridgehead atoms. The second-order valence-corrected chi connectivity index (χ2v) is 9.34. The normalized spacial score (nSPS) is 17.7. The molecule has 1 aromatic heterocycles. The Labute approximate surface area is 196 Å². The highest BCUT2D eigenvalue weighted by atomic mass is 16.3. The number of nitrogens with zero attached hydrogens (tertiary/aromatic N) is 1. The Balaban J connectivity index is 1.82. The van der Waals surface area contributed by atoms with Gasteiger partial charge in [0.1, 0.15) is 11.6 Å². The van der Waals surface area contributed by atoms with Crippen LogP contribution in [0.15, 0.2) is 34.7 Å². The van der Waals surface area contributed by atoms with Gasteiger partial charge in [-0.1, -0.05) is 51.8 Å². The van der Waals surface area contributed by atoms with E-state index in [2.05, 4.69) is 17.6 Å². The summed E-state index contributed by atoms with van der Waals surface area (Å²) in [5.74, 6) is -0.162.